The minimum absolute atomic E-state index is 0.506. The normalized spacial score (nSPS) is 21.7. The van der Waals surface area contributed by atoms with E-state index in [1.54, 1.807) is 0 Å². The summed E-state index contributed by atoms with van der Waals surface area (Å²) in [5.41, 5.74) is 1.43. The Morgan fingerprint density at radius 1 is 1.26 bits per heavy atom. The molecule has 0 aromatic heterocycles. The Bertz CT molecular complexity index is 350. The van der Waals surface area contributed by atoms with Gasteiger partial charge in [-0.25, -0.2) is 0 Å². The maximum Gasteiger partial charge on any atom is 0.0332 e. The topological polar surface area (TPSA) is 15.3 Å². The second-order valence-electron chi connectivity index (χ2n) is 5.67. The molecule has 2 rings (SSSR count). The third-order valence-corrected chi connectivity index (χ3v) is 4.33. The van der Waals surface area contributed by atoms with E-state index in [9.17, 15) is 0 Å². The molecule has 1 heterocycles. The van der Waals surface area contributed by atoms with Gasteiger partial charge in [0.25, 0.3) is 0 Å². The van der Waals surface area contributed by atoms with E-state index >= 15 is 0 Å². The molecule has 0 bridgehead atoms. The highest BCUT2D eigenvalue weighted by atomic mass is 15.1. The molecule has 0 radical (unpaired) electrons. The summed E-state index contributed by atoms with van der Waals surface area (Å²) >= 11 is 0. The fourth-order valence-electron chi connectivity index (χ4n) is 3.08. The average Bonchev–Trinajstić information content (AvgIpc) is 2.92. The lowest BCUT2D eigenvalue weighted by molar-refractivity contribution is 0.299. The van der Waals surface area contributed by atoms with Gasteiger partial charge in [0.05, 0.1) is 0 Å². The van der Waals surface area contributed by atoms with Crippen molar-refractivity contribution in [2.75, 3.05) is 26.2 Å². The van der Waals surface area contributed by atoms with Gasteiger partial charge in [0, 0.05) is 12.6 Å². The summed E-state index contributed by atoms with van der Waals surface area (Å²) in [5.74, 6) is 0.939. The van der Waals surface area contributed by atoms with Crippen LogP contribution in [-0.4, -0.2) is 31.1 Å². The van der Waals surface area contributed by atoms with Crippen LogP contribution in [0.15, 0.2) is 30.3 Å². The van der Waals surface area contributed by atoms with Crippen molar-refractivity contribution >= 4 is 0 Å². The summed E-state index contributed by atoms with van der Waals surface area (Å²) in [7, 11) is 0. The third kappa shape index (κ3) is 4.32. The smallest absolute Gasteiger partial charge is 0.0332 e. The molecule has 106 valence electrons. The van der Waals surface area contributed by atoms with Crippen molar-refractivity contribution in [2.45, 2.75) is 39.2 Å². The lowest BCUT2D eigenvalue weighted by Crippen LogP contribution is -2.28. The van der Waals surface area contributed by atoms with E-state index in [1.807, 2.05) is 0 Å². The second-order valence-corrected chi connectivity index (χ2v) is 5.67. The summed E-state index contributed by atoms with van der Waals surface area (Å²) in [4.78, 5) is 2.64. The highest BCUT2D eigenvalue weighted by Crippen LogP contribution is 2.22. The number of nitrogens with one attached hydrogen (secondary N) is 1. The van der Waals surface area contributed by atoms with Crippen LogP contribution in [0.5, 0.6) is 0 Å². The first-order valence-corrected chi connectivity index (χ1v) is 7.84. The minimum atomic E-state index is 0.506. The van der Waals surface area contributed by atoms with Gasteiger partial charge in [-0.15, -0.1) is 0 Å². The molecule has 1 aromatic carbocycles. The first-order valence-electron chi connectivity index (χ1n) is 7.84. The molecule has 0 saturated carbocycles. The molecule has 0 amide bonds. The van der Waals surface area contributed by atoms with Crippen LogP contribution in [0, 0.1) is 5.92 Å². The molecule has 1 aliphatic heterocycles. The van der Waals surface area contributed by atoms with Crippen molar-refractivity contribution in [1.82, 2.24) is 10.2 Å². The molecule has 1 N–H and O–H groups in total. The van der Waals surface area contributed by atoms with Gasteiger partial charge >= 0.3 is 0 Å². The number of nitrogens with zero attached hydrogens (tertiary/aromatic N) is 1. The Kier molecular flexibility index (Phi) is 5.87. The number of rotatable bonds is 7. The van der Waals surface area contributed by atoms with E-state index in [1.165, 1.54) is 44.5 Å². The fraction of sp³-hybridized carbons (Fsp3) is 0.647. The summed E-state index contributed by atoms with van der Waals surface area (Å²) < 4.78 is 0. The van der Waals surface area contributed by atoms with Gasteiger partial charge in [-0.2, -0.15) is 0 Å². The Morgan fingerprint density at radius 2 is 2.05 bits per heavy atom. The van der Waals surface area contributed by atoms with Gasteiger partial charge in [-0.3, -0.25) is 0 Å². The summed E-state index contributed by atoms with van der Waals surface area (Å²) in [6, 6.07) is 11.4. The molecule has 2 nitrogen and oxygen atoms in total. The molecular weight excluding hydrogens is 232 g/mol. The SMILES string of the molecule is CCNC(CCN1CCC(CC)C1)c1ccccc1. The first kappa shape index (κ1) is 14.5. The van der Waals surface area contributed by atoms with Crippen molar-refractivity contribution < 1.29 is 0 Å². The Morgan fingerprint density at radius 3 is 2.68 bits per heavy atom. The summed E-state index contributed by atoms with van der Waals surface area (Å²) in [6.07, 6.45) is 3.95. The predicted octanol–water partition coefficient (Wildman–Crippen LogP) is 3.46. The molecule has 1 aromatic rings. The molecule has 0 aliphatic carbocycles. The molecule has 19 heavy (non-hydrogen) atoms. The van der Waals surface area contributed by atoms with Gasteiger partial charge < -0.3 is 10.2 Å². The lowest BCUT2D eigenvalue weighted by Gasteiger charge is -2.22. The minimum Gasteiger partial charge on any atom is -0.310 e. The number of hydrogen-bond donors (Lipinski definition) is 1. The zero-order valence-corrected chi connectivity index (χ0v) is 12.4. The Hall–Kier alpha value is -0.860. The van der Waals surface area contributed by atoms with Gasteiger partial charge in [0.2, 0.25) is 0 Å². The van der Waals surface area contributed by atoms with E-state index in [4.69, 9.17) is 0 Å². The second kappa shape index (κ2) is 7.66. The van der Waals surface area contributed by atoms with Crippen molar-refractivity contribution in [2.24, 2.45) is 5.92 Å². The fourth-order valence-corrected chi connectivity index (χ4v) is 3.08. The highest BCUT2D eigenvalue weighted by Gasteiger charge is 2.21. The first-order chi connectivity index (χ1) is 9.33. The Labute approximate surface area is 118 Å². The van der Waals surface area contributed by atoms with Crippen LogP contribution in [0.2, 0.25) is 0 Å². The van der Waals surface area contributed by atoms with E-state index in [0.29, 0.717) is 6.04 Å². The van der Waals surface area contributed by atoms with Crippen molar-refractivity contribution in [3.05, 3.63) is 35.9 Å². The van der Waals surface area contributed by atoms with E-state index in [-0.39, 0.29) is 0 Å². The van der Waals surface area contributed by atoms with E-state index < -0.39 is 0 Å². The molecule has 2 heteroatoms. The van der Waals surface area contributed by atoms with E-state index in [2.05, 4.69) is 54.4 Å². The molecule has 2 atom stereocenters. The number of hydrogen-bond acceptors (Lipinski definition) is 2. The zero-order valence-electron chi connectivity index (χ0n) is 12.4. The van der Waals surface area contributed by atoms with Crippen LogP contribution in [0.25, 0.3) is 0 Å². The standard InChI is InChI=1S/C17H28N2/c1-3-15-10-12-19(14-15)13-11-17(18-4-2)16-8-6-5-7-9-16/h5-9,15,17-18H,3-4,10-14H2,1-2H3. The molecule has 1 saturated heterocycles. The lowest BCUT2D eigenvalue weighted by atomic mass is 10.0. The largest absolute Gasteiger partial charge is 0.310 e. The van der Waals surface area contributed by atoms with Crippen LogP contribution in [-0.2, 0) is 0 Å². The van der Waals surface area contributed by atoms with Crippen molar-refractivity contribution in [3.63, 3.8) is 0 Å². The van der Waals surface area contributed by atoms with E-state index in [0.717, 1.165) is 12.5 Å². The molecule has 1 aliphatic rings. The van der Waals surface area contributed by atoms with Gasteiger partial charge in [0.15, 0.2) is 0 Å². The third-order valence-electron chi connectivity index (χ3n) is 4.33. The summed E-state index contributed by atoms with van der Waals surface area (Å²) in [6.45, 7) is 9.38. The van der Waals surface area contributed by atoms with Gasteiger partial charge in [-0.05, 0) is 44.0 Å². The van der Waals surface area contributed by atoms with Crippen molar-refractivity contribution in [1.29, 1.82) is 0 Å². The maximum absolute atomic E-state index is 3.62. The van der Waals surface area contributed by atoms with Crippen LogP contribution in [0.1, 0.15) is 44.7 Å². The van der Waals surface area contributed by atoms with Gasteiger partial charge in [0.1, 0.15) is 0 Å². The van der Waals surface area contributed by atoms with Crippen LogP contribution >= 0.6 is 0 Å². The predicted molar refractivity (Wildman–Crippen MR) is 82.3 cm³/mol. The zero-order chi connectivity index (χ0) is 13.5. The van der Waals surface area contributed by atoms with Crippen LogP contribution in [0.3, 0.4) is 0 Å². The van der Waals surface area contributed by atoms with Gasteiger partial charge in [-0.1, -0.05) is 50.6 Å². The maximum atomic E-state index is 3.62. The van der Waals surface area contributed by atoms with Crippen LogP contribution in [0.4, 0.5) is 0 Å². The number of likely N-dealkylation sites (tertiary alicyclic amines) is 1. The van der Waals surface area contributed by atoms with Crippen molar-refractivity contribution in [3.8, 4) is 0 Å². The quantitative estimate of drug-likeness (QED) is 0.807. The Balaban J connectivity index is 1.84. The molecule has 2 unspecified atom stereocenters. The molecule has 0 spiro atoms. The number of benzene rings is 1. The van der Waals surface area contributed by atoms with Crippen LogP contribution < -0.4 is 5.32 Å². The monoisotopic (exact) mass is 260 g/mol. The summed E-state index contributed by atoms with van der Waals surface area (Å²) in [5, 5.41) is 3.62. The average molecular weight is 260 g/mol. The molecule has 1 fully saturated rings. The highest BCUT2D eigenvalue weighted by molar-refractivity contribution is 5.18. The molecular formula is C17H28N2.